The first-order chi connectivity index (χ1) is 9.15. The van der Waals surface area contributed by atoms with Gasteiger partial charge in [0, 0.05) is 35.8 Å². The standard InChI is InChI=1S/C14H15BrN2OS/c1-9(18)17-6-4-10(5-7-17)14-12-3-2-11(15)8-13(12)19-16-14/h2-3,8,10H,4-7H2,1H3. The van der Waals surface area contributed by atoms with Gasteiger partial charge in [0.05, 0.1) is 10.4 Å². The predicted molar refractivity (Wildman–Crippen MR) is 81.5 cm³/mol. The normalized spacial score (nSPS) is 17.1. The van der Waals surface area contributed by atoms with E-state index in [0.29, 0.717) is 5.92 Å². The Labute approximate surface area is 124 Å². The lowest BCUT2D eigenvalue weighted by Crippen LogP contribution is -2.36. The summed E-state index contributed by atoms with van der Waals surface area (Å²) in [4.78, 5) is 13.3. The maximum Gasteiger partial charge on any atom is 0.219 e. The molecule has 1 fully saturated rings. The van der Waals surface area contributed by atoms with Crippen LogP contribution in [0.5, 0.6) is 0 Å². The van der Waals surface area contributed by atoms with Crippen molar-refractivity contribution in [3.05, 3.63) is 28.4 Å². The third kappa shape index (κ3) is 2.54. The third-order valence-corrected chi connectivity index (χ3v) is 5.10. The van der Waals surface area contributed by atoms with Crippen LogP contribution < -0.4 is 0 Å². The molecule has 1 saturated heterocycles. The molecule has 1 aromatic carbocycles. The van der Waals surface area contributed by atoms with Crippen LogP contribution in [0.2, 0.25) is 0 Å². The van der Waals surface area contributed by atoms with Gasteiger partial charge in [-0.1, -0.05) is 22.0 Å². The molecule has 5 heteroatoms. The zero-order valence-electron chi connectivity index (χ0n) is 10.7. The molecule has 3 nitrogen and oxygen atoms in total. The second kappa shape index (κ2) is 5.21. The Morgan fingerprint density at radius 3 is 2.84 bits per heavy atom. The summed E-state index contributed by atoms with van der Waals surface area (Å²) in [6.45, 7) is 3.36. The molecule has 1 aliphatic heterocycles. The van der Waals surface area contributed by atoms with Gasteiger partial charge < -0.3 is 4.90 Å². The van der Waals surface area contributed by atoms with Crippen LogP contribution >= 0.6 is 27.5 Å². The van der Waals surface area contributed by atoms with Crippen molar-refractivity contribution >= 4 is 43.5 Å². The molecule has 3 rings (SSSR count). The number of nitrogens with zero attached hydrogens (tertiary/aromatic N) is 2. The molecule has 0 atom stereocenters. The fraction of sp³-hybridized carbons (Fsp3) is 0.429. The minimum atomic E-state index is 0.186. The number of likely N-dealkylation sites (tertiary alicyclic amines) is 1. The number of carbonyl (C=O) groups excluding carboxylic acids is 1. The molecular formula is C14H15BrN2OS. The van der Waals surface area contributed by atoms with Gasteiger partial charge in [0.25, 0.3) is 0 Å². The van der Waals surface area contributed by atoms with E-state index in [1.807, 2.05) is 4.90 Å². The lowest BCUT2D eigenvalue weighted by molar-refractivity contribution is -0.129. The predicted octanol–water partition coefficient (Wildman–Crippen LogP) is 3.78. The number of aromatic nitrogens is 1. The zero-order valence-corrected chi connectivity index (χ0v) is 13.1. The summed E-state index contributed by atoms with van der Waals surface area (Å²) in [6, 6.07) is 6.35. The molecule has 2 heterocycles. The van der Waals surface area contributed by atoms with Crippen molar-refractivity contribution < 1.29 is 4.79 Å². The fourth-order valence-corrected chi connectivity index (χ4v) is 4.10. The van der Waals surface area contributed by atoms with Gasteiger partial charge in [0.1, 0.15) is 0 Å². The molecule has 0 bridgehead atoms. The van der Waals surface area contributed by atoms with Gasteiger partial charge in [-0.05, 0) is 36.5 Å². The fourth-order valence-electron chi connectivity index (χ4n) is 2.69. The van der Waals surface area contributed by atoms with Crippen molar-refractivity contribution in [2.75, 3.05) is 13.1 Å². The molecular weight excluding hydrogens is 324 g/mol. The quantitative estimate of drug-likeness (QED) is 0.792. The Hall–Kier alpha value is -0.940. The van der Waals surface area contributed by atoms with Gasteiger partial charge in [-0.15, -0.1) is 0 Å². The van der Waals surface area contributed by atoms with Crippen molar-refractivity contribution in [2.45, 2.75) is 25.7 Å². The van der Waals surface area contributed by atoms with Gasteiger partial charge in [-0.2, -0.15) is 4.37 Å². The molecule has 0 saturated carbocycles. The number of rotatable bonds is 1. The number of halogens is 1. The SMILES string of the molecule is CC(=O)N1CCC(c2nsc3cc(Br)ccc23)CC1. The van der Waals surface area contributed by atoms with Gasteiger partial charge in [0.2, 0.25) is 5.91 Å². The van der Waals surface area contributed by atoms with E-state index in [4.69, 9.17) is 0 Å². The van der Waals surface area contributed by atoms with Crippen LogP contribution in [0.4, 0.5) is 0 Å². The molecule has 1 aromatic heterocycles. The Bertz CT molecular complexity index is 617. The van der Waals surface area contributed by atoms with Crippen LogP contribution in [-0.4, -0.2) is 28.3 Å². The summed E-state index contributed by atoms with van der Waals surface area (Å²) < 4.78 is 6.98. The average Bonchev–Trinajstić information content (AvgIpc) is 2.81. The van der Waals surface area contributed by atoms with Crippen molar-refractivity contribution in [3.63, 3.8) is 0 Å². The molecule has 2 aromatic rings. The van der Waals surface area contributed by atoms with E-state index >= 15 is 0 Å². The molecule has 0 spiro atoms. The summed E-state index contributed by atoms with van der Waals surface area (Å²) in [5.74, 6) is 0.677. The minimum absolute atomic E-state index is 0.186. The molecule has 1 aliphatic rings. The first-order valence-electron chi connectivity index (χ1n) is 6.45. The maximum absolute atomic E-state index is 11.3. The molecule has 19 heavy (non-hydrogen) atoms. The van der Waals surface area contributed by atoms with Gasteiger partial charge >= 0.3 is 0 Å². The van der Waals surface area contributed by atoms with Crippen LogP contribution in [0.1, 0.15) is 31.4 Å². The Morgan fingerprint density at radius 1 is 1.42 bits per heavy atom. The second-order valence-corrected chi connectivity index (χ2v) is 6.71. The number of amides is 1. The van der Waals surface area contributed by atoms with Crippen molar-refractivity contribution in [1.29, 1.82) is 0 Å². The minimum Gasteiger partial charge on any atom is -0.343 e. The van der Waals surface area contributed by atoms with Crippen LogP contribution in [0.25, 0.3) is 10.1 Å². The molecule has 1 amide bonds. The smallest absolute Gasteiger partial charge is 0.219 e. The monoisotopic (exact) mass is 338 g/mol. The van der Waals surface area contributed by atoms with E-state index in [1.165, 1.54) is 15.8 Å². The van der Waals surface area contributed by atoms with Crippen molar-refractivity contribution in [2.24, 2.45) is 0 Å². The summed E-state index contributed by atoms with van der Waals surface area (Å²) in [7, 11) is 0. The highest BCUT2D eigenvalue weighted by molar-refractivity contribution is 9.10. The van der Waals surface area contributed by atoms with E-state index in [0.717, 1.165) is 30.4 Å². The van der Waals surface area contributed by atoms with Crippen molar-refractivity contribution in [3.8, 4) is 0 Å². The van der Waals surface area contributed by atoms with Crippen molar-refractivity contribution in [1.82, 2.24) is 9.27 Å². The third-order valence-electron chi connectivity index (χ3n) is 3.79. The zero-order chi connectivity index (χ0) is 13.4. The summed E-state index contributed by atoms with van der Waals surface area (Å²) in [5.41, 5.74) is 1.22. The first kappa shape index (κ1) is 13.1. The molecule has 100 valence electrons. The largest absolute Gasteiger partial charge is 0.343 e. The highest BCUT2D eigenvalue weighted by atomic mass is 79.9. The first-order valence-corrected chi connectivity index (χ1v) is 8.02. The van der Waals surface area contributed by atoms with Crippen LogP contribution in [0.3, 0.4) is 0 Å². The highest BCUT2D eigenvalue weighted by Crippen LogP contribution is 2.35. The number of hydrogen-bond donors (Lipinski definition) is 0. The number of piperidine rings is 1. The summed E-state index contributed by atoms with van der Waals surface area (Å²) in [6.07, 6.45) is 2.04. The number of hydrogen-bond acceptors (Lipinski definition) is 3. The molecule has 0 unspecified atom stereocenters. The Morgan fingerprint density at radius 2 is 2.16 bits per heavy atom. The number of benzene rings is 1. The highest BCUT2D eigenvalue weighted by Gasteiger charge is 2.25. The van der Waals surface area contributed by atoms with E-state index in [9.17, 15) is 4.79 Å². The van der Waals surface area contributed by atoms with Gasteiger partial charge in [-0.25, -0.2) is 0 Å². The molecule has 0 N–H and O–H groups in total. The van der Waals surface area contributed by atoms with E-state index in [-0.39, 0.29) is 5.91 Å². The lowest BCUT2D eigenvalue weighted by Gasteiger charge is -2.30. The topological polar surface area (TPSA) is 33.2 Å². The van der Waals surface area contributed by atoms with Crippen LogP contribution in [0.15, 0.2) is 22.7 Å². The summed E-state index contributed by atoms with van der Waals surface area (Å²) in [5, 5.41) is 1.27. The summed E-state index contributed by atoms with van der Waals surface area (Å²) >= 11 is 5.06. The van der Waals surface area contributed by atoms with Crippen LogP contribution in [0, 0.1) is 0 Å². The van der Waals surface area contributed by atoms with Gasteiger partial charge in [0.15, 0.2) is 0 Å². The lowest BCUT2D eigenvalue weighted by atomic mass is 9.91. The van der Waals surface area contributed by atoms with Crippen LogP contribution in [-0.2, 0) is 4.79 Å². The number of carbonyl (C=O) groups is 1. The maximum atomic E-state index is 11.3. The molecule has 0 radical (unpaired) electrons. The van der Waals surface area contributed by atoms with Gasteiger partial charge in [-0.3, -0.25) is 4.79 Å². The number of fused-ring (bicyclic) bond motifs is 1. The van der Waals surface area contributed by atoms with E-state index in [2.05, 4.69) is 38.5 Å². The van der Waals surface area contributed by atoms with E-state index < -0.39 is 0 Å². The second-order valence-electron chi connectivity index (χ2n) is 4.99. The Balaban J connectivity index is 1.84. The Kier molecular flexibility index (Phi) is 3.58. The average molecular weight is 339 g/mol. The molecule has 0 aliphatic carbocycles. The van der Waals surface area contributed by atoms with E-state index in [1.54, 1.807) is 18.5 Å².